The molecular formula is C18H14N3O3+. The highest BCUT2D eigenvalue weighted by atomic mass is 16.3. The third-order valence-corrected chi connectivity index (χ3v) is 3.95. The number of furan rings is 2. The van der Waals surface area contributed by atoms with Gasteiger partial charge in [0, 0.05) is 19.9 Å². The number of allylic oxidation sites excluding steroid dienone is 2. The van der Waals surface area contributed by atoms with Crippen LogP contribution in [0, 0.1) is 16.7 Å². The molecule has 24 heavy (non-hydrogen) atoms. The van der Waals surface area contributed by atoms with Crippen LogP contribution >= 0.6 is 0 Å². The lowest BCUT2D eigenvalue weighted by Crippen LogP contribution is -2.38. The summed E-state index contributed by atoms with van der Waals surface area (Å²) in [5.74, 6) is 2.57. The first-order valence-corrected chi connectivity index (χ1v) is 7.22. The van der Waals surface area contributed by atoms with Gasteiger partial charge in [-0.2, -0.15) is 9.84 Å². The summed E-state index contributed by atoms with van der Waals surface area (Å²) in [7, 11) is 0. The number of carbonyl (C=O) groups is 1. The predicted octanol–water partition coefficient (Wildman–Crippen LogP) is 2.93. The molecule has 0 unspecified atom stereocenters. The number of carbonyl (C=O) groups excluding carboxylic acids is 1. The van der Waals surface area contributed by atoms with E-state index in [4.69, 9.17) is 14.2 Å². The van der Waals surface area contributed by atoms with Gasteiger partial charge in [-0.15, -0.1) is 0 Å². The number of hydrogen-bond acceptors (Lipinski definition) is 5. The third-order valence-electron chi connectivity index (χ3n) is 3.95. The van der Waals surface area contributed by atoms with Crippen molar-refractivity contribution in [2.75, 3.05) is 0 Å². The molecule has 0 saturated heterocycles. The first-order valence-electron chi connectivity index (χ1n) is 7.22. The van der Waals surface area contributed by atoms with Crippen molar-refractivity contribution in [3.63, 3.8) is 0 Å². The number of rotatable bonds is 4. The Hall–Kier alpha value is -3.42. The summed E-state index contributed by atoms with van der Waals surface area (Å²) in [6.07, 6.45) is 4.61. The van der Waals surface area contributed by atoms with Crippen LogP contribution in [0.5, 0.6) is 0 Å². The van der Waals surface area contributed by atoms with Gasteiger partial charge in [-0.25, -0.2) is 0 Å². The molecule has 3 heterocycles. The molecule has 2 aromatic heterocycles. The highest BCUT2D eigenvalue weighted by Crippen LogP contribution is 2.33. The van der Waals surface area contributed by atoms with Crippen molar-refractivity contribution in [3.05, 3.63) is 65.7 Å². The van der Waals surface area contributed by atoms with Crippen LogP contribution in [-0.4, -0.2) is 27.5 Å². The lowest BCUT2D eigenvalue weighted by molar-refractivity contribution is -0.531. The average Bonchev–Trinajstić information content (AvgIpc) is 3.29. The molecule has 118 valence electrons. The Balaban J connectivity index is 2.21. The summed E-state index contributed by atoms with van der Waals surface area (Å²) in [6.45, 7) is 3.59. The van der Waals surface area contributed by atoms with Gasteiger partial charge in [-0.1, -0.05) is 0 Å². The van der Waals surface area contributed by atoms with Crippen molar-refractivity contribution in [2.45, 2.75) is 19.4 Å². The zero-order chi connectivity index (χ0) is 17.3. The number of nitriles is 1. The highest BCUT2D eigenvalue weighted by Gasteiger charge is 2.50. The Morgan fingerprint density at radius 2 is 1.96 bits per heavy atom. The third kappa shape index (κ3) is 2.24. The molecule has 1 aliphatic heterocycles. The molecule has 0 saturated carbocycles. The maximum absolute atomic E-state index is 12.8. The molecule has 1 aliphatic rings. The van der Waals surface area contributed by atoms with Gasteiger partial charge >= 0.3 is 5.70 Å². The number of hydrogen-bond donors (Lipinski definition) is 1. The molecule has 2 aromatic rings. The fourth-order valence-corrected chi connectivity index (χ4v) is 2.82. The smallest absolute Gasteiger partial charge is 0.347 e. The van der Waals surface area contributed by atoms with E-state index < -0.39 is 5.54 Å². The molecule has 0 atom stereocenters. The molecule has 0 radical (unpaired) electrons. The summed E-state index contributed by atoms with van der Waals surface area (Å²) in [4.78, 5) is 12.8. The minimum Gasteiger partial charge on any atom is -0.461 e. The van der Waals surface area contributed by atoms with Gasteiger partial charge in [0.2, 0.25) is 5.78 Å². The Kier molecular flexibility index (Phi) is 3.64. The summed E-state index contributed by atoms with van der Waals surface area (Å²) in [6, 6.07) is 8.63. The van der Waals surface area contributed by atoms with Gasteiger partial charge < -0.3 is 8.83 Å². The zero-order valence-corrected chi connectivity index (χ0v) is 13.2. The van der Waals surface area contributed by atoms with E-state index in [0.717, 1.165) is 0 Å². The normalized spacial score (nSPS) is 15.6. The molecule has 0 spiro atoms. The minimum absolute atomic E-state index is 0.00936. The number of Topliss-reactive ketones (excluding diaryl/α,β-unsaturated/α-hetero) is 1. The fourth-order valence-electron chi connectivity index (χ4n) is 2.82. The van der Waals surface area contributed by atoms with Crippen LogP contribution in [0.15, 0.2) is 63.0 Å². The first kappa shape index (κ1) is 15.5. The molecular weight excluding hydrogens is 306 g/mol. The van der Waals surface area contributed by atoms with Crippen molar-refractivity contribution >= 4 is 17.4 Å². The number of nitrogens with one attached hydrogen (secondary N) is 1. The second-order valence-corrected chi connectivity index (χ2v) is 5.71. The van der Waals surface area contributed by atoms with Crippen molar-refractivity contribution in [3.8, 4) is 6.07 Å². The maximum Gasteiger partial charge on any atom is 0.347 e. The van der Waals surface area contributed by atoms with Crippen molar-refractivity contribution in [2.24, 2.45) is 0 Å². The van der Waals surface area contributed by atoms with Gasteiger partial charge in [0.25, 0.3) is 5.71 Å². The molecule has 0 bridgehead atoms. The minimum atomic E-state index is -0.870. The molecule has 0 fully saturated rings. The van der Waals surface area contributed by atoms with Crippen LogP contribution in [0.4, 0.5) is 0 Å². The summed E-state index contributed by atoms with van der Waals surface area (Å²) in [5.41, 5.74) is 0.0819. The monoisotopic (exact) mass is 320 g/mol. The van der Waals surface area contributed by atoms with Crippen LogP contribution in [0.2, 0.25) is 0 Å². The zero-order valence-electron chi connectivity index (χ0n) is 13.2. The molecule has 6 heteroatoms. The maximum atomic E-state index is 12.8. The van der Waals surface area contributed by atoms with E-state index >= 15 is 0 Å². The van der Waals surface area contributed by atoms with E-state index in [1.807, 2.05) is 6.07 Å². The topological polar surface area (TPSA) is 94.0 Å². The van der Waals surface area contributed by atoms with E-state index in [1.54, 1.807) is 48.8 Å². The van der Waals surface area contributed by atoms with Crippen LogP contribution in [0.1, 0.15) is 30.2 Å². The predicted molar refractivity (Wildman–Crippen MR) is 85.1 cm³/mol. The standard InChI is InChI=1S/C18H14N3O3/c1-18(2)13(17(22)16-6-4-8-24-16)9-14(15-5-3-7-23-15)21(18)12(10-19)11-20/h3-9,19H,1-2H3/q+1. The highest BCUT2D eigenvalue weighted by molar-refractivity contribution is 6.16. The SMILES string of the molecule is CC1(C)C(C(=O)c2ccco2)=CC(c2ccco2)=[N+]1C(=C=N)C#N. The van der Waals surface area contributed by atoms with E-state index in [1.165, 1.54) is 12.5 Å². The Bertz CT molecular complexity index is 946. The molecule has 0 aliphatic carbocycles. The van der Waals surface area contributed by atoms with Gasteiger partial charge in [-0.3, -0.25) is 10.2 Å². The Morgan fingerprint density at radius 3 is 2.50 bits per heavy atom. The quantitative estimate of drug-likeness (QED) is 0.405. The Labute approximate surface area is 138 Å². The van der Waals surface area contributed by atoms with Crippen molar-refractivity contribution in [1.29, 1.82) is 10.7 Å². The largest absolute Gasteiger partial charge is 0.461 e. The van der Waals surface area contributed by atoms with Crippen LogP contribution in [0.25, 0.3) is 0 Å². The Morgan fingerprint density at radius 1 is 1.25 bits per heavy atom. The van der Waals surface area contributed by atoms with Crippen LogP contribution in [0.3, 0.4) is 0 Å². The number of ketones is 1. The van der Waals surface area contributed by atoms with Gasteiger partial charge in [0.1, 0.15) is 0 Å². The average molecular weight is 320 g/mol. The second kappa shape index (κ2) is 5.65. The van der Waals surface area contributed by atoms with Crippen molar-refractivity contribution in [1.82, 2.24) is 0 Å². The molecule has 6 nitrogen and oxygen atoms in total. The van der Waals surface area contributed by atoms with Crippen molar-refractivity contribution < 1.29 is 18.2 Å². The van der Waals surface area contributed by atoms with Crippen LogP contribution < -0.4 is 0 Å². The van der Waals surface area contributed by atoms with E-state index in [2.05, 4.69) is 5.87 Å². The lowest BCUT2D eigenvalue weighted by Gasteiger charge is -2.18. The summed E-state index contributed by atoms with van der Waals surface area (Å²) >= 11 is 0. The number of nitrogens with zero attached hydrogens (tertiary/aromatic N) is 2. The lowest BCUT2D eigenvalue weighted by atomic mass is 9.90. The molecule has 0 amide bonds. The first-order chi connectivity index (χ1) is 11.5. The molecule has 1 N–H and O–H groups in total. The van der Waals surface area contributed by atoms with Gasteiger partial charge in [0.15, 0.2) is 23.1 Å². The fraction of sp³-hybridized carbons (Fsp3) is 0.167. The van der Waals surface area contributed by atoms with Gasteiger partial charge in [0.05, 0.1) is 24.0 Å². The van der Waals surface area contributed by atoms with Crippen LogP contribution in [-0.2, 0) is 0 Å². The van der Waals surface area contributed by atoms with Gasteiger partial charge in [-0.05, 0) is 24.3 Å². The van der Waals surface area contributed by atoms with E-state index in [-0.39, 0.29) is 17.2 Å². The van der Waals surface area contributed by atoms with E-state index in [0.29, 0.717) is 17.0 Å². The van der Waals surface area contributed by atoms with E-state index in [9.17, 15) is 10.1 Å². The summed E-state index contributed by atoms with van der Waals surface area (Å²) in [5, 5.41) is 16.8. The molecule has 0 aromatic carbocycles. The summed E-state index contributed by atoms with van der Waals surface area (Å²) < 4.78 is 12.2. The molecule has 3 rings (SSSR count). The second-order valence-electron chi connectivity index (χ2n) is 5.71.